The van der Waals surface area contributed by atoms with Crippen molar-refractivity contribution in [1.29, 1.82) is 0 Å². The maximum absolute atomic E-state index is 14.7. The van der Waals surface area contributed by atoms with Gasteiger partial charge in [-0.1, -0.05) is 18.2 Å². The molecule has 2 nitrogen and oxygen atoms in total. The average molecular weight is 336 g/mol. The van der Waals surface area contributed by atoms with E-state index in [4.69, 9.17) is 0 Å². The molecular formula is C22H25FN2. The molecule has 2 aromatic rings. The molecule has 25 heavy (non-hydrogen) atoms. The number of hydrogen-bond acceptors (Lipinski definition) is 2. The summed E-state index contributed by atoms with van der Waals surface area (Å²) in [6, 6.07) is 11.4. The highest BCUT2D eigenvalue weighted by molar-refractivity contribution is 5.89. The van der Waals surface area contributed by atoms with E-state index in [0.717, 1.165) is 29.0 Å². The van der Waals surface area contributed by atoms with Crippen LogP contribution in [0.2, 0.25) is 0 Å². The van der Waals surface area contributed by atoms with Crippen LogP contribution in [0.25, 0.3) is 5.57 Å². The Kier molecular flexibility index (Phi) is 4.51. The molecule has 130 valence electrons. The average Bonchev–Trinajstić information content (AvgIpc) is 2.53. The van der Waals surface area contributed by atoms with Crippen LogP contribution in [0.3, 0.4) is 0 Å². The number of nitrogens with zero attached hydrogens (tertiary/aromatic N) is 2. The number of likely N-dealkylation sites (N-methyl/N-ethyl adjacent to an activating group) is 1. The molecule has 0 fully saturated rings. The summed E-state index contributed by atoms with van der Waals surface area (Å²) in [6.07, 6.45) is 3.87. The third-order valence-corrected chi connectivity index (χ3v) is 4.77. The first-order chi connectivity index (χ1) is 11.8. The Morgan fingerprint density at radius 2 is 1.92 bits per heavy atom. The summed E-state index contributed by atoms with van der Waals surface area (Å²) in [5, 5.41) is 0. The van der Waals surface area contributed by atoms with E-state index in [2.05, 4.69) is 43.7 Å². The Bertz CT molecular complexity index is 862. The SMILES string of the molecule is CCN1c2cc(F)c(C=Nc3cccc(C)c3)cc2C(C)=CC1(C)C. The van der Waals surface area contributed by atoms with Gasteiger partial charge in [-0.3, -0.25) is 4.99 Å². The second-order valence-electron chi connectivity index (χ2n) is 7.21. The van der Waals surface area contributed by atoms with Crippen LogP contribution >= 0.6 is 0 Å². The highest BCUT2D eigenvalue weighted by Crippen LogP contribution is 2.39. The van der Waals surface area contributed by atoms with Crippen molar-refractivity contribution < 1.29 is 4.39 Å². The summed E-state index contributed by atoms with van der Waals surface area (Å²) in [6.45, 7) is 11.4. The van der Waals surface area contributed by atoms with Crippen molar-refractivity contribution in [2.45, 2.75) is 40.2 Å². The molecule has 3 heteroatoms. The van der Waals surface area contributed by atoms with E-state index in [0.29, 0.717) is 5.56 Å². The Labute approximate surface area is 149 Å². The van der Waals surface area contributed by atoms with E-state index >= 15 is 0 Å². The van der Waals surface area contributed by atoms with Crippen LogP contribution in [0.4, 0.5) is 15.8 Å². The number of anilines is 1. The van der Waals surface area contributed by atoms with Gasteiger partial charge in [0.05, 0.1) is 11.2 Å². The van der Waals surface area contributed by atoms with Crippen molar-refractivity contribution in [1.82, 2.24) is 0 Å². The van der Waals surface area contributed by atoms with E-state index in [1.165, 1.54) is 5.57 Å². The smallest absolute Gasteiger partial charge is 0.134 e. The first-order valence-corrected chi connectivity index (χ1v) is 8.73. The third kappa shape index (κ3) is 3.37. The maximum Gasteiger partial charge on any atom is 0.134 e. The molecule has 1 aliphatic rings. The van der Waals surface area contributed by atoms with Gasteiger partial charge < -0.3 is 4.90 Å². The molecule has 0 bridgehead atoms. The molecule has 0 radical (unpaired) electrons. The van der Waals surface area contributed by atoms with E-state index in [9.17, 15) is 4.39 Å². The number of hydrogen-bond donors (Lipinski definition) is 0. The molecule has 0 aromatic heterocycles. The van der Waals surface area contributed by atoms with Crippen LogP contribution in [-0.4, -0.2) is 18.3 Å². The first kappa shape index (κ1) is 17.4. The predicted molar refractivity (Wildman–Crippen MR) is 106 cm³/mol. The summed E-state index contributed by atoms with van der Waals surface area (Å²) in [5.74, 6) is -0.237. The number of fused-ring (bicyclic) bond motifs is 1. The van der Waals surface area contributed by atoms with Gasteiger partial charge >= 0.3 is 0 Å². The third-order valence-electron chi connectivity index (χ3n) is 4.77. The second kappa shape index (κ2) is 6.47. The standard InChI is InChI=1S/C22H25FN2/c1-6-25-21-12-20(23)17(11-19(21)16(3)13-22(25,4)5)14-24-18-9-7-8-15(2)10-18/h7-14H,6H2,1-5H3. The lowest BCUT2D eigenvalue weighted by atomic mass is 9.88. The van der Waals surface area contributed by atoms with Gasteiger partial charge in [-0.25, -0.2) is 4.39 Å². The largest absolute Gasteiger partial charge is 0.363 e. The van der Waals surface area contributed by atoms with Crippen molar-refractivity contribution in [2.24, 2.45) is 4.99 Å². The highest BCUT2D eigenvalue weighted by Gasteiger charge is 2.30. The Hall–Kier alpha value is -2.42. The molecule has 2 aromatic carbocycles. The molecule has 0 unspecified atom stereocenters. The fourth-order valence-corrected chi connectivity index (χ4v) is 3.64. The van der Waals surface area contributed by atoms with Crippen molar-refractivity contribution in [3.63, 3.8) is 0 Å². The van der Waals surface area contributed by atoms with Crippen LogP contribution < -0.4 is 4.90 Å². The van der Waals surface area contributed by atoms with Crippen molar-refractivity contribution in [2.75, 3.05) is 11.4 Å². The Morgan fingerprint density at radius 1 is 1.16 bits per heavy atom. The molecule has 3 rings (SSSR count). The van der Waals surface area contributed by atoms with Gasteiger partial charge in [-0.05, 0) is 70.0 Å². The summed E-state index contributed by atoms with van der Waals surface area (Å²) in [7, 11) is 0. The number of aliphatic imine (C=N–C) groups is 1. The topological polar surface area (TPSA) is 15.6 Å². The van der Waals surface area contributed by atoms with Crippen LogP contribution in [0.5, 0.6) is 0 Å². The highest BCUT2D eigenvalue weighted by atomic mass is 19.1. The second-order valence-corrected chi connectivity index (χ2v) is 7.21. The van der Waals surface area contributed by atoms with E-state index in [-0.39, 0.29) is 11.4 Å². The van der Waals surface area contributed by atoms with Crippen molar-refractivity contribution in [3.05, 3.63) is 65.0 Å². The quantitative estimate of drug-likeness (QED) is 0.637. The molecule has 0 spiro atoms. The van der Waals surface area contributed by atoms with Crippen molar-refractivity contribution in [3.8, 4) is 0 Å². The van der Waals surface area contributed by atoms with Gasteiger partial charge in [0.25, 0.3) is 0 Å². The van der Waals surface area contributed by atoms with Gasteiger partial charge in [-0.2, -0.15) is 0 Å². The maximum atomic E-state index is 14.7. The zero-order valence-electron chi connectivity index (χ0n) is 15.6. The molecule has 0 saturated carbocycles. The van der Waals surface area contributed by atoms with Crippen molar-refractivity contribution >= 4 is 23.2 Å². The van der Waals surface area contributed by atoms with Crippen LogP contribution in [-0.2, 0) is 0 Å². The minimum atomic E-state index is -0.237. The van der Waals surface area contributed by atoms with Crippen LogP contribution in [0, 0.1) is 12.7 Å². The summed E-state index contributed by atoms with van der Waals surface area (Å²) >= 11 is 0. The Morgan fingerprint density at radius 3 is 2.60 bits per heavy atom. The number of halogens is 1. The predicted octanol–water partition coefficient (Wildman–Crippen LogP) is 5.91. The Balaban J connectivity index is 2.03. The molecule has 1 heterocycles. The molecule has 0 saturated heterocycles. The lowest BCUT2D eigenvalue weighted by molar-refractivity contribution is 0.561. The molecule has 1 aliphatic heterocycles. The molecule has 0 amide bonds. The first-order valence-electron chi connectivity index (χ1n) is 8.73. The fraction of sp³-hybridized carbons (Fsp3) is 0.318. The van der Waals surface area contributed by atoms with E-state index < -0.39 is 0 Å². The van der Waals surface area contributed by atoms with Crippen LogP contribution in [0.15, 0.2) is 47.5 Å². The zero-order chi connectivity index (χ0) is 18.2. The van der Waals surface area contributed by atoms with Gasteiger partial charge in [0.15, 0.2) is 0 Å². The number of aryl methyl sites for hydroxylation is 1. The normalized spacial score (nSPS) is 16.1. The molecule has 0 atom stereocenters. The lowest BCUT2D eigenvalue weighted by Crippen LogP contribution is -2.45. The number of benzene rings is 2. The molecule has 0 N–H and O–H groups in total. The minimum absolute atomic E-state index is 0.116. The summed E-state index contributed by atoms with van der Waals surface area (Å²) in [5.41, 5.74) is 5.58. The van der Waals surface area contributed by atoms with Gasteiger partial charge in [0, 0.05) is 29.6 Å². The van der Waals surface area contributed by atoms with E-state index in [1.54, 1.807) is 12.3 Å². The van der Waals surface area contributed by atoms with E-state index in [1.807, 2.05) is 37.3 Å². The van der Waals surface area contributed by atoms with Crippen LogP contribution in [0.1, 0.15) is 44.4 Å². The fourth-order valence-electron chi connectivity index (χ4n) is 3.64. The number of allylic oxidation sites excluding steroid dienone is 1. The van der Waals surface area contributed by atoms with Gasteiger partial charge in [-0.15, -0.1) is 0 Å². The summed E-state index contributed by atoms with van der Waals surface area (Å²) in [4.78, 5) is 6.68. The van der Waals surface area contributed by atoms with Gasteiger partial charge in [0.2, 0.25) is 0 Å². The molecular weight excluding hydrogens is 311 g/mol. The van der Waals surface area contributed by atoms with Gasteiger partial charge in [0.1, 0.15) is 5.82 Å². The zero-order valence-corrected chi connectivity index (χ0v) is 15.6. The number of rotatable bonds is 3. The molecule has 0 aliphatic carbocycles. The lowest BCUT2D eigenvalue weighted by Gasteiger charge is -2.42. The summed E-state index contributed by atoms with van der Waals surface area (Å²) < 4.78 is 14.7. The monoisotopic (exact) mass is 336 g/mol. The minimum Gasteiger partial charge on any atom is -0.363 e.